The van der Waals surface area contributed by atoms with Crippen molar-refractivity contribution in [3.05, 3.63) is 28.8 Å². The van der Waals surface area contributed by atoms with Crippen LogP contribution in [-0.4, -0.2) is 20.7 Å². The summed E-state index contributed by atoms with van der Waals surface area (Å²) in [5.74, 6) is 1.05. The average molecular weight is 277 g/mol. The Morgan fingerprint density at radius 1 is 0.950 bits per heavy atom. The maximum absolute atomic E-state index is 5.77. The minimum absolute atomic E-state index is 0.0843. The number of ether oxygens (including phenoxy) is 1. The molecule has 0 saturated carbocycles. The highest BCUT2D eigenvalue weighted by molar-refractivity contribution is 5.50. The van der Waals surface area contributed by atoms with Crippen LogP contribution >= 0.6 is 0 Å². The van der Waals surface area contributed by atoms with E-state index in [-0.39, 0.29) is 10.8 Å². The zero-order chi connectivity index (χ0) is 15.6. The molecule has 0 aliphatic carbocycles. The van der Waals surface area contributed by atoms with E-state index >= 15 is 0 Å². The molecule has 0 atom stereocenters. The normalized spacial score (nSPS) is 12.6. The van der Waals surface area contributed by atoms with Gasteiger partial charge in [0, 0.05) is 11.1 Å². The summed E-state index contributed by atoms with van der Waals surface area (Å²) >= 11 is 0. The van der Waals surface area contributed by atoms with E-state index < -0.39 is 0 Å². The fourth-order valence-corrected chi connectivity index (χ4v) is 2.44. The summed E-state index contributed by atoms with van der Waals surface area (Å²) in [7, 11) is 3.78. The number of likely N-dealkylation sites (N-methyl/N-ethyl adjacent to an activating group) is 1. The van der Waals surface area contributed by atoms with Gasteiger partial charge in [-0.05, 0) is 36.4 Å². The molecule has 1 rings (SSSR count). The molecule has 114 valence electrons. The second-order valence-corrected chi connectivity index (χ2v) is 7.58. The zero-order valence-corrected chi connectivity index (χ0v) is 14.5. The molecule has 0 heterocycles. The largest absolute Gasteiger partial charge is 0.496 e. The molecular formula is C18H31NO. The molecule has 2 heteroatoms. The Hall–Kier alpha value is -1.02. The Morgan fingerprint density at radius 3 is 1.70 bits per heavy atom. The van der Waals surface area contributed by atoms with Gasteiger partial charge in [-0.1, -0.05) is 53.7 Å². The molecular weight excluding hydrogens is 246 g/mol. The second-order valence-electron chi connectivity index (χ2n) is 7.58. The van der Waals surface area contributed by atoms with Gasteiger partial charge >= 0.3 is 0 Å². The Kier molecular flexibility index (Phi) is 5.26. The third kappa shape index (κ3) is 3.99. The van der Waals surface area contributed by atoms with Gasteiger partial charge < -0.3 is 10.1 Å². The molecule has 0 aromatic heterocycles. The molecule has 0 spiro atoms. The van der Waals surface area contributed by atoms with Crippen molar-refractivity contribution in [1.29, 1.82) is 0 Å². The fraction of sp³-hybridized carbons (Fsp3) is 0.667. The van der Waals surface area contributed by atoms with Crippen molar-refractivity contribution in [3.8, 4) is 5.75 Å². The van der Waals surface area contributed by atoms with Crippen molar-refractivity contribution >= 4 is 0 Å². The van der Waals surface area contributed by atoms with Gasteiger partial charge in [0.15, 0.2) is 0 Å². The molecule has 1 aromatic carbocycles. The first-order valence-corrected chi connectivity index (χ1v) is 7.47. The summed E-state index contributed by atoms with van der Waals surface area (Å²) in [5.41, 5.74) is 4.16. The first-order chi connectivity index (χ1) is 9.11. The maximum Gasteiger partial charge on any atom is 0.126 e. The number of nitrogens with one attached hydrogen (secondary N) is 1. The van der Waals surface area contributed by atoms with Crippen LogP contribution in [0.4, 0.5) is 0 Å². The number of hydrogen-bond acceptors (Lipinski definition) is 2. The van der Waals surface area contributed by atoms with Gasteiger partial charge in [0.25, 0.3) is 0 Å². The van der Waals surface area contributed by atoms with Crippen LogP contribution < -0.4 is 10.1 Å². The van der Waals surface area contributed by atoms with Crippen LogP contribution in [-0.2, 0) is 17.3 Å². The van der Waals surface area contributed by atoms with E-state index in [0.717, 1.165) is 18.7 Å². The Balaban J connectivity index is 3.48. The Labute approximate surface area is 124 Å². The highest BCUT2D eigenvalue weighted by Crippen LogP contribution is 2.40. The minimum Gasteiger partial charge on any atom is -0.496 e. The zero-order valence-electron chi connectivity index (χ0n) is 14.5. The fourth-order valence-electron chi connectivity index (χ4n) is 2.44. The van der Waals surface area contributed by atoms with E-state index in [1.54, 1.807) is 7.11 Å². The van der Waals surface area contributed by atoms with Gasteiger partial charge in [-0.15, -0.1) is 0 Å². The van der Waals surface area contributed by atoms with Crippen LogP contribution in [0.3, 0.4) is 0 Å². The molecule has 0 fully saturated rings. The average Bonchev–Trinajstić information content (AvgIpc) is 2.32. The predicted octanol–water partition coefficient (Wildman–Crippen LogP) is 4.05. The van der Waals surface area contributed by atoms with Gasteiger partial charge in [-0.25, -0.2) is 0 Å². The molecule has 20 heavy (non-hydrogen) atoms. The van der Waals surface area contributed by atoms with E-state index in [1.807, 2.05) is 7.05 Å². The van der Waals surface area contributed by atoms with E-state index in [0.29, 0.717) is 0 Å². The molecule has 0 bridgehead atoms. The SMILES string of the molecule is CNCCc1cc(C(C)(C)C)c(OC)c(C(C)(C)C)c1. The molecule has 1 N–H and O–H groups in total. The smallest absolute Gasteiger partial charge is 0.126 e. The van der Waals surface area contributed by atoms with Crippen LogP contribution in [0.1, 0.15) is 58.2 Å². The molecule has 0 radical (unpaired) electrons. The van der Waals surface area contributed by atoms with Crippen LogP contribution in [0, 0.1) is 0 Å². The summed E-state index contributed by atoms with van der Waals surface area (Å²) in [5, 5.41) is 3.23. The van der Waals surface area contributed by atoms with Crippen LogP contribution in [0.5, 0.6) is 5.75 Å². The summed E-state index contributed by atoms with van der Waals surface area (Å²) in [6, 6.07) is 4.62. The molecule has 0 unspecified atom stereocenters. The Bertz CT molecular complexity index is 414. The van der Waals surface area contributed by atoms with E-state index in [9.17, 15) is 0 Å². The van der Waals surface area contributed by atoms with Gasteiger partial charge in [0.1, 0.15) is 5.75 Å². The lowest BCUT2D eigenvalue weighted by atomic mass is 9.78. The van der Waals surface area contributed by atoms with Crippen molar-refractivity contribution in [2.45, 2.75) is 58.8 Å². The standard InChI is InChI=1S/C18H31NO/c1-17(2,3)14-11-13(9-10-19-7)12-15(16(14)20-8)18(4,5)6/h11-12,19H,9-10H2,1-8H3. The second kappa shape index (κ2) is 6.17. The van der Waals surface area contributed by atoms with Crippen molar-refractivity contribution in [2.75, 3.05) is 20.7 Å². The van der Waals surface area contributed by atoms with Crippen molar-refractivity contribution in [2.24, 2.45) is 0 Å². The number of methoxy groups -OCH3 is 1. The lowest BCUT2D eigenvalue weighted by Crippen LogP contribution is -2.20. The van der Waals surface area contributed by atoms with Crippen molar-refractivity contribution in [1.82, 2.24) is 5.32 Å². The molecule has 0 amide bonds. The van der Waals surface area contributed by atoms with Crippen LogP contribution in [0.25, 0.3) is 0 Å². The maximum atomic E-state index is 5.77. The quantitative estimate of drug-likeness (QED) is 0.896. The third-order valence-electron chi connectivity index (χ3n) is 3.63. The topological polar surface area (TPSA) is 21.3 Å². The molecule has 1 aromatic rings. The van der Waals surface area contributed by atoms with Gasteiger partial charge in [0.2, 0.25) is 0 Å². The summed E-state index contributed by atoms with van der Waals surface area (Å²) in [4.78, 5) is 0. The number of hydrogen-bond donors (Lipinski definition) is 1. The first-order valence-electron chi connectivity index (χ1n) is 7.47. The van der Waals surface area contributed by atoms with Crippen molar-refractivity contribution in [3.63, 3.8) is 0 Å². The summed E-state index contributed by atoms with van der Waals surface area (Å²) in [6.07, 6.45) is 1.05. The summed E-state index contributed by atoms with van der Waals surface area (Å²) < 4.78 is 5.77. The summed E-state index contributed by atoms with van der Waals surface area (Å²) in [6.45, 7) is 14.5. The van der Waals surface area contributed by atoms with E-state index in [2.05, 4.69) is 59.0 Å². The van der Waals surface area contributed by atoms with Gasteiger partial charge in [-0.2, -0.15) is 0 Å². The number of benzene rings is 1. The number of rotatable bonds is 4. The van der Waals surface area contributed by atoms with Crippen LogP contribution in [0.15, 0.2) is 12.1 Å². The van der Waals surface area contributed by atoms with E-state index in [4.69, 9.17) is 4.74 Å². The molecule has 0 aliphatic rings. The molecule has 0 aliphatic heterocycles. The minimum atomic E-state index is 0.0843. The highest BCUT2D eigenvalue weighted by atomic mass is 16.5. The molecule has 2 nitrogen and oxygen atoms in total. The predicted molar refractivity (Wildman–Crippen MR) is 88.0 cm³/mol. The lowest BCUT2D eigenvalue weighted by molar-refractivity contribution is 0.381. The lowest BCUT2D eigenvalue weighted by Gasteiger charge is -2.30. The van der Waals surface area contributed by atoms with Crippen molar-refractivity contribution < 1.29 is 4.74 Å². The van der Waals surface area contributed by atoms with E-state index in [1.165, 1.54) is 16.7 Å². The van der Waals surface area contributed by atoms with Gasteiger partial charge in [-0.3, -0.25) is 0 Å². The highest BCUT2D eigenvalue weighted by Gasteiger charge is 2.27. The third-order valence-corrected chi connectivity index (χ3v) is 3.63. The molecule has 0 saturated heterocycles. The van der Waals surface area contributed by atoms with Crippen LogP contribution in [0.2, 0.25) is 0 Å². The first kappa shape index (κ1) is 17.0. The monoisotopic (exact) mass is 277 g/mol. The Morgan fingerprint density at radius 2 is 1.40 bits per heavy atom. The van der Waals surface area contributed by atoms with Gasteiger partial charge in [0.05, 0.1) is 7.11 Å².